The van der Waals surface area contributed by atoms with Gasteiger partial charge in [0.1, 0.15) is 23.3 Å². The molecule has 0 radical (unpaired) electrons. The molecule has 0 aliphatic carbocycles. The van der Waals surface area contributed by atoms with Gasteiger partial charge < -0.3 is 4.74 Å². The average molecular weight is 476 g/mol. The Labute approximate surface area is 194 Å². The highest BCUT2D eigenvalue weighted by Crippen LogP contribution is 2.40. The van der Waals surface area contributed by atoms with E-state index in [9.17, 15) is 28.0 Å². The molecular formula is C24H23F2NO5S. The predicted molar refractivity (Wildman–Crippen MR) is 118 cm³/mol. The van der Waals surface area contributed by atoms with Crippen molar-refractivity contribution < 1.29 is 32.7 Å². The number of rotatable bonds is 7. The summed E-state index contributed by atoms with van der Waals surface area (Å²) in [6, 6.07) is 9.88. The first-order valence-corrected chi connectivity index (χ1v) is 11.1. The number of carbonyl (C=O) groups is 4. The maximum Gasteiger partial charge on any atom is 0.313 e. The number of Topliss-reactive ketones (excluding diaryl/α,β-unsaturated/α-hetero) is 3. The van der Waals surface area contributed by atoms with Crippen molar-refractivity contribution in [1.29, 1.82) is 0 Å². The molecule has 2 aromatic rings. The van der Waals surface area contributed by atoms with Crippen LogP contribution in [0.15, 0.2) is 42.5 Å². The van der Waals surface area contributed by atoms with Crippen molar-refractivity contribution in [1.82, 2.24) is 4.31 Å². The standard InChI is InChI=1S/C24H23F2NO5S/c1-13(20(28)11-21(29)32-3)17-10-18(25)16(9-19(17)26)12-27-14(2)22(30)23(31)24(33-27)15-7-5-4-6-8-15/h4-10,13-14,24H,11-12H2,1-3H3. The van der Waals surface area contributed by atoms with E-state index in [0.717, 1.165) is 31.2 Å². The molecule has 3 atom stereocenters. The number of halogens is 2. The van der Waals surface area contributed by atoms with Crippen LogP contribution in [0.1, 0.15) is 48.1 Å². The van der Waals surface area contributed by atoms with Gasteiger partial charge in [-0.15, -0.1) is 0 Å². The lowest BCUT2D eigenvalue weighted by atomic mass is 9.93. The van der Waals surface area contributed by atoms with Gasteiger partial charge >= 0.3 is 5.97 Å². The molecule has 1 heterocycles. The van der Waals surface area contributed by atoms with Gasteiger partial charge in [-0.05, 0) is 24.6 Å². The number of hydrogen-bond donors (Lipinski definition) is 0. The van der Waals surface area contributed by atoms with Crippen molar-refractivity contribution in [3.05, 3.63) is 70.8 Å². The molecule has 3 rings (SSSR count). The maximum absolute atomic E-state index is 14.9. The van der Waals surface area contributed by atoms with Crippen LogP contribution in [0.25, 0.3) is 0 Å². The van der Waals surface area contributed by atoms with Gasteiger partial charge in [0.05, 0.1) is 13.2 Å². The van der Waals surface area contributed by atoms with Gasteiger partial charge in [0.25, 0.3) is 0 Å². The first-order chi connectivity index (χ1) is 15.6. The Bertz CT molecular complexity index is 1090. The Morgan fingerprint density at radius 2 is 1.76 bits per heavy atom. The second-order valence-corrected chi connectivity index (χ2v) is 8.93. The Morgan fingerprint density at radius 1 is 1.09 bits per heavy atom. The maximum atomic E-state index is 14.9. The van der Waals surface area contributed by atoms with Crippen LogP contribution in [0.2, 0.25) is 0 Å². The van der Waals surface area contributed by atoms with Gasteiger partial charge in [0.15, 0.2) is 5.78 Å². The Hall–Kier alpha value is -2.91. The molecule has 1 fully saturated rings. The van der Waals surface area contributed by atoms with Crippen LogP contribution in [0.3, 0.4) is 0 Å². The lowest BCUT2D eigenvalue weighted by Crippen LogP contribution is -2.45. The van der Waals surface area contributed by atoms with E-state index in [-0.39, 0.29) is 17.7 Å². The fourth-order valence-corrected chi connectivity index (χ4v) is 4.77. The minimum Gasteiger partial charge on any atom is -0.469 e. The lowest BCUT2D eigenvalue weighted by Gasteiger charge is -2.35. The fraction of sp³-hybridized carbons (Fsp3) is 0.333. The van der Waals surface area contributed by atoms with E-state index >= 15 is 0 Å². The molecule has 0 N–H and O–H groups in total. The number of nitrogens with zero attached hydrogens (tertiary/aromatic N) is 1. The van der Waals surface area contributed by atoms with Crippen molar-refractivity contribution >= 4 is 35.3 Å². The Morgan fingerprint density at radius 3 is 2.39 bits per heavy atom. The van der Waals surface area contributed by atoms with Gasteiger partial charge in [-0.25, -0.2) is 13.1 Å². The summed E-state index contributed by atoms with van der Waals surface area (Å²) in [4.78, 5) is 48.6. The fourth-order valence-electron chi connectivity index (χ4n) is 3.52. The van der Waals surface area contributed by atoms with E-state index in [4.69, 9.17) is 0 Å². The molecule has 3 unspecified atom stereocenters. The third kappa shape index (κ3) is 5.36. The van der Waals surface area contributed by atoms with Gasteiger partial charge in [0.2, 0.25) is 11.6 Å². The van der Waals surface area contributed by atoms with Crippen molar-refractivity contribution in [2.45, 2.75) is 44.0 Å². The third-order valence-electron chi connectivity index (χ3n) is 5.62. The summed E-state index contributed by atoms with van der Waals surface area (Å²) < 4.78 is 35.7. The second-order valence-electron chi connectivity index (χ2n) is 7.78. The van der Waals surface area contributed by atoms with Crippen LogP contribution >= 0.6 is 11.9 Å². The zero-order valence-electron chi connectivity index (χ0n) is 18.3. The number of esters is 1. The lowest BCUT2D eigenvalue weighted by molar-refractivity contribution is -0.143. The van der Waals surface area contributed by atoms with Crippen LogP contribution in [0.4, 0.5) is 8.78 Å². The molecule has 0 aromatic heterocycles. The predicted octanol–water partition coefficient (Wildman–Crippen LogP) is 3.93. The first-order valence-electron chi connectivity index (χ1n) is 10.3. The van der Waals surface area contributed by atoms with Crippen molar-refractivity contribution in [3.63, 3.8) is 0 Å². The number of ether oxygens (including phenoxy) is 1. The molecule has 6 nitrogen and oxygen atoms in total. The van der Waals surface area contributed by atoms with Crippen LogP contribution in [0, 0.1) is 11.6 Å². The summed E-state index contributed by atoms with van der Waals surface area (Å²) >= 11 is 1.11. The smallest absolute Gasteiger partial charge is 0.313 e. The average Bonchev–Trinajstić information content (AvgIpc) is 2.81. The van der Waals surface area contributed by atoms with Crippen molar-refractivity contribution in [3.8, 4) is 0 Å². The molecule has 1 aliphatic rings. The Balaban J connectivity index is 1.83. The minimum atomic E-state index is -1.04. The number of ketones is 3. The SMILES string of the molecule is COC(=O)CC(=O)C(C)c1cc(F)c(CN2SC(c3ccccc3)C(=O)C(=O)C2C)cc1F. The van der Waals surface area contributed by atoms with Gasteiger partial charge in [-0.2, -0.15) is 0 Å². The topological polar surface area (TPSA) is 80.8 Å². The molecule has 0 saturated carbocycles. The molecule has 1 aliphatic heterocycles. The summed E-state index contributed by atoms with van der Waals surface area (Å²) in [7, 11) is 1.13. The highest BCUT2D eigenvalue weighted by molar-refractivity contribution is 7.98. The third-order valence-corrected chi connectivity index (χ3v) is 7.04. The Kier molecular flexibility index (Phi) is 7.76. The highest BCUT2D eigenvalue weighted by Gasteiger charge is 2.41. The number of methoxy groups -OCH3 is 1. The molecule has 0 bridgehead atoms. The van der Waals surface area contributed by atoms with Crippen LogP contribution in [-0.4, -0.2) is 40.8 Å². The van der Waals surface area contributed by atoms with Crippen molar-refractivity contribution in [2.75, 3.05) is 7.11 Å². The van der Waals surface area contributed by atoms with E-state index in [1.165, 1.54) is 6.92 Å². The minimum absolute atomic E-state index is 0.0165. The molecule has 33 heavy (non-hydrogen) atoms. The summed E-state index contributed by atoms with van der Waals surface area (Å²) in [6.07, 6.45) is -0.542. The largest absolute Gasteiger partial charge is 0.469 e. The van der Waals surface area contributed by atoms with E-state index in [1.54, 1.807) is 41.6 Å². The van der Waals surface area contributed by atoms with Gasteiger partial charge in [-0.1, -0.05) is 49.2 Å². The zero-order chi connectivity index (χ0) is 24.3. The van der Waals surface area contributed by atoms with Crippen LogP contribution < -0.4 is 0 Å². The summed E-state index contributed by atoms with van der Waals surface area (Å²) in [5.74, 6) is -5.07. The van der Waals surface area contributed by atoms with E-state index in [2.05, 4.69) is 4.74 Å². The monoisotopic (exact) mass is 475 g/mol. The highest BCUT2D eigenvalue weighted by atomic mass is 32.2. The number of hydrogen-bond acceptors (Lipinski definition) is 7. The van der Waals surface area contributed by atoms with E-state index in [1.807, 2.05) is 0 Å². The number of benzene rings is 2. The summed E-state index contributed by atoms with van der Waals surface area (Å²) in [5, 5.41) is -0.766. The quantitative estimate of drug-likeness (QED) is 0.260. The number of carbonyl (C=O) groups excluding carboxylic acids is 4. The molecule has 1 saturated heterocycles. The zero-order valence-corrected chi connectivity index (χ0v) is 19.2. The van der Waals surface area contributed by atoms with Crippen LogP contribution in [0.5, 0.6) is 0 Å². The van der Waals surface area contributed by atoms with Crippen molar-refractivity contribution in [2.24, 2.45) is 0 Å². The normalized spacial score (nSPS) is 19.9. The van der Waals surface area contributed by atoms with E-state index in [0.29, 0.717) is 5.56 Å². The summed E-state index contributed by atoms with van der Waals surface area (Å²) in [5.41, 5.74) is 0.466. The molecule has 0 amide bonds. The second kappa shape index (κ2) is 10.4. The van der Waals surface area contributed by atoms with Gasteiger partial charge in [-0.3, -0.25) is 19.2 Å². The molecule has 174 valence electrons. The summed E-state index contributed by atoms with van der Waals surface area (Å²) in [6.45, 7) is 2.81. The first kappa shape index (κ1) is 24.7. The van der Waals surface area contributed by atoms with Gasteiger partial charge in [0, 0.05) is 23.6 Å². The molecule has 2 aromatic carbocycles. The molecular weight excluding hydrogens is 452 g/mol. The van der Waals surface area contributed by atoms with E-state index < -0.39 is 58.6 Å². The molecule has 9 heteroatoms. The van der Waals surface area contributed by atoms with Crippen LogP contribution in [-0.2, 0) is 30.5 Å². The molecule has 0 spiro atoms.